The van der Waals surface area contributed by atoms with E-state index in [1.165, 1.54) is 35.4 Å². The van der Waals surface area contributed by atoms with Crippen LogP contribution in [-0.2, 0) is 12.8 Å². The molecule has 0 spiro atoms. The van der Waals surface area contributed by atoms with E-state index in [-0.39, 0.29) is 0 Å². The van der Waals surface area contributed by atoms with Crippen molar-refractivity contribution in [3.8, 4) is 0 Å². The van der Waals surface area contributed by atoms with Gasteiger partial charge >= 0.3 is 0 Å². The van der Waals surface area contributed by atoms with Crippen molar-refractivity contribution in [1.29, 1.82) is 0 Å². The van der Waals surface area contributed by atoms with Crippen molar-refractivity contribution in [2.24, 2.45) is 5.92 Å². The van der Waals surface area contributed by atoms with Crippen molar-refractivity contribution in [2.75, 3.05) is 0 Å². The Bertz CT molecular complexity index is 563. The number of halogens is 1. The van der Waals surface area contributed by atoms with Gasteiger partial charge in [0.1, 0.15) is 0 Å². The third-order valence-corrected chi connectivity index (χ3v) is 6.12. The van der Waals surface area contributed by atoms with Gasteiger partial charge in [-0.05, 0) is 43.2 Å². The highest BCUT2D eigenvalue weighted by molar-refractivity contribution is 9.09. The lowest BCUT2D eigenvalue weighted by Gasteiger charge is -2.20. The molecule has 100 valence electrons. The number of hydrogen-bond donors (Lipinski definition) is 0. The molecule has 1 aromatic heterocycles. The zero-order valence-electron chi connectivity index (χ0n) is 11.1. The number of alkyl halides is 1. The molecule has 3 rings (SSSR count). The van der Waals surface area contributed by atoms with E-state index in [0.29, 0.717) is 10.7 Å². The second kappa shape index (κ2) is 5.76. The number of fused-ring (bicyclic) bond motifs is 1. The third-order valence-electron chi connectivity index (χ3n) is 3.89. The fourth-order valence-electron chi connectivity index (χ4n) is 2.91. The fraction of sp³-hybridized carbons (Fsp3) is 0.438. The van der Waals surface area contributed by atoms with Gasteiger partial charge in [-0.2, -0.15) is 0 Å². The molecule has 1 nitrogen and oxygen atoms in total. The van der Waals surface area contributed by atoms with E-state index in [1.54, 1.807) is 11.3 Å². The minimum atomic E-state index is 0.468. The van der Waals surface area contributed by atoms with Crippen molar-refractivity contribution in [3.05, 3.63) is 51.5 Å². The van der Waals surface area contributed by atoms with Gasteiger partial charge in [-0.1, -0.05) is 40.2 Å². The average molecular weight is 336 g/mol. The standard InChI is InChI=1S/C16H18BrNS/c1-11-10-19-15(18-11)9-13-7-4-6-12-5-2-3-8-14(12)16(13)17/h2-3,5,8,10,13,16H,4,6-7,9H2,1H3. The van der Waals surface area contributed by atoms with Gasteiger partial charge in [-0.3, -0.25) is 0 Å². The van der Waals surface area contributed by atoms with E-state index >= 15 is 0 Å². The van der Waals surface area contributed by atoms with Crippen LogP contribution in [0.4, 0.5) is 0 Å². The highest BCUT2D eigenvalue weighted by atomic mass is 79.9. The fourth-order valence-corrected chi connectivity index (χ4v) is 4.68. The van der Waals surface area contributed by atoms with E-state index in [0.717, 1.165) is 12.1 Å². The van der Waals surface area contributed by atoms with Crippen LogP contribution in [-0.4, -0.2) is 4.98 Å². The molecular formula is C16H18BrNS. The molecule has 0 fully saturated rings. The summed E-state index contributed by atoms with van der Waals surface area (Å²) in [7, 11) is 0. The van der Waals surface area contributed by atoms with Crippen LogP contribution in [0, 0.1) is 12.8 Å². The summed E-state index contributed by atoms with van der Waals surface area (Å²) in [6.07, 6.45) is 4.88. The molecule has 2 atom stereocenters. The van der Waals surface area contributed by atoms with Gasteiger partial charge in [-0.25, -0.2) is 4.98 Å². The van der Waals surface area contributed by atoms with Crippen LogP contribution in [0.5, 0.6) is 0 Å². The maximum absolute atomic E-state index is 4.62. The molecular weight excluding hydrogens is 318 g/mol. The Morgan fingerprint density at radius 2 is 2.21 bits per heavy atom. The Hall–Kier alpha value is -0.670. The summed E-state index contributed by atoms with van der Waals surface area (Å²) in [6, 6.07) is 8.87. The first-order valence-corrected chi connectivity index (χ1v) is 8.66. The molecule has 2 aromatic rings. The Morgan fingerprint density at radius 3 is 3.00 bits per heavy atom. The Morgan fingerprint density at radius 1 is 1.37 bits per heavy atom. The van der Waals surface area contributed by atoms with Crippen molar-refractivity contribution < 1.29 is 0 Å². The zero-order valence-corrected chi connectivity index (χ0v) is 13.5. The average Bonchev–Trinajstić information content (AvgIpc) is 2.75. The molecule has 1 aliphatic rings. The number of aryl methyl sites for hydroxylation is 2. The van der Waals surface area contributed by atoms with E-state index < -0.39 is 0 Å². The molecule has 0 aliphatic heterocycles. The van der Waals surface area contributed by atoms with Gasteiger partial charge in [0.2, 0.25) is 0 Å². The Labute approximate surface area is 127 Å². The number of thiazole rings is 1. The smallest absolute Gasteiger partial charge is 0.0931 e. The lowest BCUT2D eigenvalue weighted by Crippen LogP contribution is -2.10. The highest BCUT2D eigenvalue weighted by Gasteiger charge is 2.26. The number of hydrogen-bond acceptors (Lipinski definition) is 2. The molecule has 19 heavy (non-hydrogen) atoms. The van der Waals surface area contributed by atoms with Gasteiger partial charge in [0.05, 0.1) is 5.01 Å². The summed E-state index contributed by atoms with van der Waals surface area (Å²) >= 11 is 5.75. The van der Waals surface area contributed by atoms with Crippen molar-refractivity contribution >= 4 is 27.3 Å². The lowest BCUT2D eigenvalue weighted by molar-refractivity contribution is 0.474. The van der Waals surface area contributed by atoms with Crippen LogP contribution < -0.4 is 0 Å². The molecule has 2 unspecified atom stereocenters. The van der Waals surface area contributed by atoms with Crippen molar-refractivity contribution in [2.45, 2.75) is 37.4 Å². The molecule has 0 bridgehead atoms. The van der Waals surface area contributed by atoms with Crippen molar-refractivity contribution in [1.82, 2.24) is 4.98 Å². The van der Waals surface area contributed by atoms with E-state index in [1.807, 2.05) is 0 Å². The molecule has 0 amide bonds. The SMILES string of the molecule is Cc1csc(CC2CCCc3ccccc3C2Br)n1. The van der Waals surface area contributed by atoms with E-state index in [2.05, 4.69) is 57.5 Å². The van der Waals surface area contributed by atoms with Gasteiger partial charge < -0.3 is 0 Å². The Balaban J connectivity index is 1.83. The first-order chi connectivity index (χ1) is 9.24. The maximum atomic E-state index is 4.62. The number of benzene rings is 1. The minimum absolute atomic E-state index is 0.468. The van der Waals surface area contributed by atoms with Crippen LogP contribution in [0.2, 0.25) is 0 Å². The zero-order chi connectivity index (χ0) is 13.2. The summed E-state index contributed by atoms with van der Waals surface area (Å²) < 4.78 is 0. The highest BCUT2D eigenvalue weighted by Crippen LogP contribution is 2.41. The van der Waals surface area contributed by atoms with Gasteiger partial charge in [0.25, 0.3) is 0 Å². The first kappa shape index (κ1) is 13.3. The maximum Gasteiger partial charge on any atom is 0.0931 e. The number of nitrogens with zero attached hydrogens (tertiary/aromatic N) is 1. The minimum Gasteiger partial charge on any atom is -0.247 e. The van der Waals surface area contributed by atoms with Gasteiger partial charge in [0.15, 0.2) is 0 Å². The van der Waals surface area contributed by atoms with E-state index in [9.17, 15) is 0 Å². The second-order valence-electron chi connectivity index (χ2n) is 5.34. The first-order valence-electron chi connectivity index (χ1n) is 6.87. The summed E-state index contributed by atoms with van der Waals surface area (Å²) in [5, 5.41) is 3.44. The Kier molecular flexibility index (Phi) is 4.04. The summed E-state index contributed by atoms with van der Waals surface area (Å²) in [5.41, 5.74) is 4.15. The monoisotopic (exact) mass is 335 g/mol. The van der Waals surface area contributed by atoms with Gasteiger partial charge in [0, 0.05) is 22.3 Å². The topological polar surface area (TPSA) is 12.9 Å². The molecule has 1 aromatic carbocycles. The quantitative estimate of drug-likeness (QED) is 0.550. The number of rotatable bonds is 2. The van der Waals surface area contributed by atoms with Crippen LogP contribution in [0.3, 0.4) is 0 Å². The van der Waals surface area contributed by atoms with Crippen LogP contribution in [0.1, 0.15) is 39.5 Å². The summed E-state index contributed by atoms with van der Waals surface area (Å²) in [6.45, 7) is 2.08. The summed E-state index contributed by atoms with van der Waals surface area (Å²) in [5.74, 6) is 0.661. The second-order valence-corrected chi connectivity index (χ2v) is 7.27. The predicted octanol–water partition coefficient (Wildman–Crippen LogP) is 5.08. The van der Waals surface area contributed by atoms with Gasteiger partial charge in [-0.15, -0.1) is 11.3 Å². The molecule has 1 aliphatic carbocycles. The lowest BCUT2D eigenvalue weighted by atomic mass is 9.94. The molecule has 1 heterocycles. The van der Waals surface area contributed by atoms with Crippen molar-refractivity contribution in [3.63, 3.8) is 0 Å². The van der Waals surface area contributed by atoms with Crippen LogP contribution in [0.15, 0.2) is 29.6 Å². The number of aromatic nitrogens is 1. The normalized spacial score (nSPS) is 22.8. The molecule has 0 saturated carbocycles. The van der Waals surface area contributed by atoms with Crippen LogP contribution in [0.25, 0.3) is 0 Å². The van der Waals surface area contributed by atoms with E-state index in [4.69, 9.17) is 0 Å². The predicted molar refractivity (Wildman–Crippen MR) is 85.1 cm³/mol. The largest absolute Gasteiger partial charge is 0.247 e. The molecule has 0 N–H and O–H groups in total. The molecule has 0 saturated heterocycles. The summed E-state index contributed by atoms with van der Waals surface area (Å²) in [4.78, 5) is 5.09. The third kappa shape index (κ3) is 2.92. The molecule has 0 radical (unpaired) electrons. The van der Waals surface area contributed by atoms with Crippen LogP contribution >= 0.6 is 27.3 Å². The molecule has 3 heteroatoms.